The molecule has 1 saturated carbocycles. The first kappa shape index (κ1) is 16.6. The molecule has 0 atom stereocenters. The highest BCUT2D eigenvalue weighted by Crippen LogP contribution is 2.36. The molecule has 2 N–H and O–H groups in total. The van der Waals surface area contributed by atoms with Gasteiger partial charge in [0.1, 0.15) is 0 Å². The van der Waals surface area contributed by atoms with Crippen molar-refractivity contribution in [1.82, 2.24) is 10.6 Å². The Morgan fingerprint density at radius 2 is 2.13 bits per heavy atom. The highest BCUT2D eigenvalue weighted by molar-refractivity contribution is 6.30. The summed E-state index contributed by atoms with van der Waals surface area (Å²) in [5, 5.41) is 7.64. The van der Waals surface area contributed by atoms with Gasteiger partial charge in [0.25, 0.3) is 0 Å². The molecule has 5 heteroatoms. The maximum absolute atomic E-state index is 6.22. The van der Waals surface area contributed by atoms with E-state index in [1.807, 2.05) is 12.1 Å². The molecule has 0 radical (unpaired) electrons. The van der Waals surface area contributed by atoms with Crippen LogP contribution in [0.2, 0.25) is 5.02 Å². The summed E-state index contributed by atoms with van der Waals surface area (Å²) in [6, 6.07) is 8.83. The normalized spacial score (nSPS) is 21.0. The molecule has 0 unspecified atom stereocenters. The van der Waals surface area contributed by atoms with E-state index in [4.69, 9.17) is 21.3 Å². The van der Waals surface area contributed by atoms with Crippen molar-refractivity contribution in [1.29, 1.82) is 0 Å². The lowest BCUT2D eigenvalue weighted by Crippen LogP contribution is -2.42. The van der Waals surface area contributed by atoms with Gasteiger partial charge in [0.15, 0.2) is 5.96 Å². The molecule has 2 aliphatic rings. The van der Waals surface area contributed by atoms with E-state index < -0.39 is 0 Å². The number of nitrogens with zero attached hydrogens (tertiary/aromatic N) is 1. The summed E-state index contributed by atoms with van der Waals surface area (Å²) in [5.41, 5.74) is 1.30. The minimum Gasteiger partial charge on any atom is -0.381 e. The second-order valence-electron chi connectivity index (χ2n) is 6.52. The average molecular weight is 336 g/mol. The zero-order valence-electron chi connectivity index (χ0n) is 13.8. The summed E-state index contributed by atoms with van der Waals surface area (Å²) in [5.74, 6) is 0.933. The zero-order valence-corrected chi connectivity index (χ0v) is 14.5. The lowest BCUT2D eigenvalue weighted by molar-refractivity contribution is 0.0531. The van der Waals surface area contributed by atoms with Gasteiger partial charge in [-0.15, -0.1) is 0 Å². The molecule has 1 heterocycles. The molecule has 3 rings (SSSR count). The van der Waals surface area contributed by atoms with E-state index in [-0.39, 0.29) is 5.41 Å². The van der Waals surface area contributed by atoms with Crippen molar-refractivity contribution in [3.8, 4) is 0 Å². The van der Waals surface area contributed by atoms with E-state index in [1.165, 1.54) is 18.4 Å². The highest BCUT2D eigenvalue weighted by Gasteiger charge is 2.35. The van der Waals surface area contributed by atoms with E-state index in [9.17, 15) is 0 Å². The largest absolute Gasteiger partial charge is 0.381 e. The van der Waals surface area contributed by atoms with Gasteiger partial charge in [-0.25, -0.2) is 0 Å². The molecule has 1 aliphatic heterocycles. The van der Waals surface area contributed by atoms with Gasteiger partial charge in [-0.1, -0.05) is 23.7 Å². The Kier molecular flexibility index (Phi) is 5.44. The Hall–Kier alpha value is -1.26. The number of halogens is 1. The van der Waals surface area contributed by atoms with Crippen molar-refractivity contribution < 1.29 is 4.74 Å². The minimum atomic E-state index is 0.0229. The van der Waals surface area contributed by atoms with Gasteiger partial charge in [-0.05, 0) is 50.3 Å². The van der Waals surface area contributed by atoms with Crippen LogP contribution in [-0.4, -0.2) is 38.3 Å². The predicted octanol–water partition coefficient (Wildman–Crippen LogP) is 3.11. The number of ether oxygens (including phenoxy) is 1. The minimum absolute atomic E-state index is 0.0229. The third kappa shape index (κ3) is 4.39. The van der Waals surface area contributed by atoms with Gasteiger partial charge in [-0.2, -0.15) is 0 Å². The Bertz CT molecular complexity index is 551. The van der Waals surface area contributed by atoms with Crippen LogP contribution in [0.1, 0.15) is 38.2 Å². The summed E-state index contributed by atoms with van der Waals surface area (Å²) in [4.78, 5) is 4.89. The van der Waals surface area contributed by atoms with Crippen LogP contribution in [0.4, 0.5) is 0 Å². The first-order chi connectivity index (χ1) is 11.2. The summed E-state index contributed by atoms with van der Waals surface area (Å²) < 4.78 is 5.59. The fourth-order valence-corrected chi connectivity index (χ4v) is 3.28. The number of aliphatic imine (C=N–C) groups is 1. The Balaban J connectivity index is 1.80. The third-order valence-corrected chi connectivity index (χ3v) is 4.92. The van der Waals surface area contributed by atoms with Crippen molar-refractivity contribution in [2.75, 3.05) is 26.3 Å². The molecule has 0 spiro atoms. The molecule has 1 aromatic rings. The van der Waals surface area contributed by atoms with Gasteiger partial charge < -0.3 is 15.4 Å². The SMILES string of the molecule is CCNC(=NCC1(c2cccc(Cl)c2)CCOCC1)NC1CC1. The van der Waals surface area contributed by atoms with Crippen molar-refractivity contribution in [3.05, 3.63) is 34.9 Å². The maximum atomic E-state index is 6.22. The molecule has 1 aromatic carbocycles. The van der Waals surface area contributed by atoms with Crippen molar-refractivity contribution in [2.45, 2.75) is 44.1 Å². The van der Waals surface area contributed by atoms with Crippen molar-refractivity contribution in [2.24, 2.45) is 4.99 Å². The fraction of sp³-hybridized carbons (Fsp3) is 0.611. The summed E-state index contributed by atoms with van der Waals surface area (Å²) in [6.07, 6.45) is 4.47. The maximum Gasteiger partial charge on any atom is 0.191 e. The van der Waals surface area contributed by atoms with Crippen LogP contribution in [0.15, 0.2) is 29.3 Å². The van der Waals surface area contributed by atoms with E-state index in [0.717, 1.165) is 50.1 Å². The van der Waals surface area contributed by atoms with Crippen LogP contribution in [0.25, 0.3) is 0 Å². The third-order valence-electron chi connectivity index (χ3n) is 4.69. The lowest BCUT2D eigenvalue weighted by Gasteiger charge is -2.36. The van der Waals surface area contributed by atoms with Gasteiger partial charge >= 0.3 is 0 Å². The smallest absolute Gasteiger partial charge is 0.191 e. The van der Waals surface area contributed by atoms with Crippen molar-refractivity contribution >= 4 is 17.6 Å². The quantitative estimate of drug-likeness (QED) is 0.642. The highest BCUT2D eigenvalue weighted by atomic mass is 35.5. The fourth-order valence-electron chi connectivity index (χ4n) is 3.09. The van der Waals surface area contributed by atoms with Crippen LogP contribution >= 0.6 is 11.6 Å². The molecule has 126 valence electrons. The van der Waals surface area contributed by atoms with Crippen LogP contribution in [-0.2, 0) is 10.2 Å². The van der Waals surface area contributed by atoms with E-state index in [0.29, 0.717) is 6.04 Å². The molecule has 2 fully saturated rings. The zero-order chi connectivity index (χ0) is 16.1. The average Bonchev–Trinajstić information content (AvgIpc) is 3.38. The Labute approximate surface area is 143 Å². The molecule has 23 heavy (non-hydrogen) atoms. The molecule has 0 amide bonds. The number of benzene rings is 1. The second-order valence-corrected chi connectivity index (χ2v) is 6.95. The molecule has 1 aliphatic carbocycles. The number of hydrogen-bond donors (Lipinski definition) is 2. The van der Waals surface area contributed by atoms with E-state index in [1.54, 1.807) is 0 Å². The van der Waals surface area contributed by atoms with Gasteiger partial charge in [0.05, 0.1) is 6.54 Å². The number of rotatable bonds is 5. The van der Waals surface area contributed by atoms with Gasteiger partial charge in [0.2, 0.25) is 0 Å². The molecule has 4 nitrogen and oxygen atoms in total. The summed E-state index contributed by atoms with van der Waals surface area (Å²) >= 11 is 6.22. The first-order valence-electron chi connectivity index (χ1n) is 8.60. The molecule has 0 bridgehead atoms. The number of guanidine groups is 1. The first-order valence-corrected chi connectivity index (χ1v) is 8.98. The lowest BCUT2D eigenvalue weighted by atomic mass is 9.74. The number of hydrogen-bond acceptors (Lipinski definition) is 2. The predicted molar refractivity (Wildman–Crippen MR) is 95.3 cm³/mol. The van der Waals surface area contributed by atoms with Crippen LogP contribution in [0.3, 0.4) is 0 Å². The van der Waals surface area contributed by atoms with Crippen LogP contribution in [0, 0.1) is 0 Å². The Morgan fingerprint density at radius 3 is 2.78 bits per heavy atom. The molecular weight excluding hydrogens is 310 g/mol. The standard InChI is InChI=1S/C18H26ClN3O/c1-2-20-17(22-16-6-7-16)21-13-18(8-10-23-11-9-18)14-4-3-5-15(19)12-14/h3-5,12,16H,2,6-11,13H2,1H3,(H2,20,21,22). The summed E-state index contributed by atoms with van der Waals surface area (Å²) in [6.45, 7) is 5.32. The van der Waals surface area contributed by atoms with Gasteiger partial charge in [0, 0.05) is 36.2 Å². The molecule has 1 saturated heterocycles. The monoisotopic (exact) mass is 335 g/mol. The van der Waals surface area contributed by atoms with Crippen molar-refractivity contribution in [3.63, 3.8) is 0 Å². The van der Waals surface area contributed by atoms with Gasteiger partial charge in [-0.3, -0.25) is 4.99 Å². The summed E-state index contributed by atoms with van der Waals surface area (Å²) in [7, 11) is 0. The Morgan fingerprint density at radius 1 is 1.35 bits per heavy atom. The second kappa shape index (κ2) is 7.54. The molecule has 0 aromatic heterocycles. The number of nitrogens with one attached hydrogen (secondary N) is 2. The van der Waals surface area contributed by atoms with E-state index >= 15 is 0 Å². The topological polar surface area (TPSA) is 45.7 Å². The van der Waals surface area contributed by atoms with E-state index in [2.05, 4.69) is 29.7 Å². The molecular formula is C18H26ClN3O. The van der Waals surface area contributed by atoms with Crippen LogP contribution in [0.5, 0.6) is 0 Å². The van der Waals surface area contributed by atoms with Crippen LogP contribution < -0.4 is 10.6 Å².